The van der Waals surface area contributed by atoms with Gasteiger partial charge in [0.05, 0.1) is 5.59 Å². The third kappa shape index (κ3) is 2.22. The van der Waals surface area contributed by atoms with Gasteiger partial charge in [0.2, 0.25) is 0 Å². The predicted octanol–water partition coefficient (Wildman–Crippen LogP) is 1.23. The van der Waals surface area contributed by atoms with Crippen molar-refractivity contribution >= 4 is 23.6 Å². The maximum Gasteiger partial charge on any atom is 0.511 e. The fourth-order valence-corrected chi connectivity index (χ4v) is 2.04. The van der Waals surface area contributed by atoms with Crippen molar-refractivity contribution in [3.63, 3.8) is 0 Å². The van der Waals surface area contributed by atoms with Gasteiger partial charge in [-0.15, -0.1) is 0 Å². The molecule has 1 aromatic carbocycles. The van der Waals surface area contributed by atoms with Crippen LogP contribution in [0.3, 0.4) is 0 Å². The van der Waals surface area contributed by atoms with Crippen molar-refractivity contribution in [1.82, 2.24) is 4.57 Å². The number of aromatic nitrogens is 1. The Balaban J connectivity index is 2.56. The van der Waals surface area contributed by atoms with Gasteiger partial charge in [0.1, 0.15) is 6.73 Å². The topological polar surface area (TPSA) is 32.6 Å². The molecule has 0 N–H and O–H groups in total. The van der Waals surface area contributed by atoms with Gasteiger partial charge in [0.15, 0.2) is 0 Å². The quantitative estimate of drug-likeness (QED) is 0.728. The van der Waals surface area contributed by atoms with Crippen LogP contribution >= 0.6 is 0 Å². The molecule has 17 heavy (non-hydrogen) atoms. The molecule has 4 nitrogen and oxygen atoms in total. The second-order valence-corrected chi connectivity index (χ2v) is 3.78. The number of ether oxygens (including phenoxy) is 1. The lowest BCUT2D eigenvalue weighted by atomic mass is 9.84. The highest BCUT2D eigenvalue weighted by Crippen LogP contribution is 2.14. The van der Waals surface area contributed by atoms with Gasteiger partial charge in [-0.05, 0) is 17.5 Å². The molecule has 0 aliphatic carbocycles. The molecule has 0 bridgehead atoms. The van der Waals surface area contributed by atoms with E-state index < -0.39 is 0 Å². The lowest BCUT2D eigenvalue weighted by molar-refractivity contribution is 0.136. The Bertz CT molecular complexity index is 493. The Labute approximate surface area is 101 Å². The number of hydrogen-bond acceptors (Lipinski definition) is 3. The highest BCUT2D eigenvalue weighted by molar-refractivity contribution is 6.61. The minimum Gasteiger partial charge on any atom is -0.409 e. The first-order valence-electron chi connectivity index (χ1n) is 5.44. The average Bonchev–Trinajstić information content (AvgIpc) is 2.71. The van der Waals surface area contributed by atoms with Crippen molar-refractivity contribution in [2.75, 3.05) is 21.3 Å². The van der Waals surface area contributed by atoms with E-state index in [9.17, 15) is 0 Å². The second-order valence-electron chi connectivity index (χ2n) is 3.78. The van der Waals surface area contributed by atoms with Gasteiger partial charge < -0.3 is 18.6 Å². The Hall–Kier alpha value is -1.30. The van der Waals surface area contributed by atoms with Crippen LogP contribution in [-0.4, -0.2) is 33.0 Å². The van der Waals surface area contributed by atoms with Crippen molar-refractivity contribution in [1.29, 1.82) is 0 Å². The summed E-state index contributed by atoms with van der Waals surface area (Å²) >= 11 is 0. The normalized spacial score (nSPS) is 11.0. The van der Waals surface area contributed by atoms with E-state index >= 15 is 0 Å². The van der Waals surface area contributed by atoms with Crippen molar-refractivity contribution in [3.05, 3.63) is 30.3 Å². The molecule has 0 saturated carbocycles. The number of fused-ring (bicyclic) bond motifs is 1. The summed E-state index contributed by atoms with van der Waals surface area (Å²) in [6.07, 6.45) is 0. The molecule has 2 rings (SSSR count). The van der Waals surface area contributed by atoms with Crippen LogP contribution in [0.1, 0.15) is 0 Å². The van der Waals surface area contributed by atoms with E-state index in [0.29, 0.717) is 6.73 Å². The molecule has 2 aromatic rings. The lowest BCUT2D eigenvalue weighted by Crippen LogP contribution is -2.40. The highest BCUT2D eigenvalue weighted by atomic mass is 16.6. The van der Waals surface area contributed by atoms with Crippen molar-refractivity contribution in [2.45, 2.75) is 6.73 Å². The monoisotopic (exact) mass is 233 g/mol. The van der Waals surface area contributed by atoms with Crippen molar-refractivity contribution < 1.29 is 14.0 Å². The Morgan fingerprint density at radius 3 is 2.47 bits per heavy atom. The summed E-state index contributed by atoms with van der Waals surface area (Å²) in [4.78, 5) is 0. The van der Waals surface area contributed by atoms with Gasteiger partial charge in [-0.25, -0.2) is 0 Å². The summed E-state index contributed by atoms with van der Waals surface area (Å²) in [7, 11) is 4.55. The molecule has 0 unspecified atom stereocenters. The molecule has 0 fully saturated rings. The molecule has 90 valence electrons. The number of benzene rings is 1. The lowest BCUT2D eigenvalue weighted by Gasteiger charge is -2.13. The van der Waals surface area contributed by atoms with Crippen LogP contribution in [0.15, 0.2) is 30.3 Å². The number of para-hydroxylation sites is 1. The van der Waals surface area contributed by atoms with E-state index in [1.165, 1.54) is 0 Å². The standard InChI is InChI=1S/C12H16BNO3/c1-15-9-14-11-7-5-4-6-10(11)8-12(14)13(16-2)17-3/h4-8H,9H2,1-3H3. The molecule has 0 spiro atoms. The highest BCUT2D eigenvalue weighted by Gasteiger charge is 2.24. The average molecular weight is 233 g/mol. The maximum absolute atomic E-state index is 5.30. The van der Waals surface area contributed by atoms with Crippen LogP contribution in [0.25, 0.3) is 10.9 Å². The first-order valence-corrected chi connectivity index (χ1v) is 5.44. The van der Waals surface area contributed by atoms with E-state index in [0.717, 1.165) is 16.5 Å². The zero-order valence-electron chi connectivity index (χ0n) is 10.3. The molecular formula is C12H16BNO3. The molecule has 0 amide bonds. The van der Waals surface area contributed by atoms with E-state index in [1.807, 2.05) is 16.7 Å². The van der Waals surface area contributed by atoms with Crippen molar-refractivity contribution in [2.24, 2.45) is 0 Å². The fraction of sp³-hybridized carbons (Fsp3) is 0.333. The van der Waals surface area contributed by atoms with Gasteiger partial charge >= 0.3 is 7.12 Å². The summed E-state index contributed by atoms with van der Waals surface area (Å²) in [6, 6.07) is 10.2. The van der Waals surface area contributed by atoms with Gasteiger partial charge in [-0.1, -0.05) is 18.2 Å². The molecule has 0 radical (unpaired) electrons. The molecule has 0 saturated heterocycles. The molecule has 0 aliphatic heterocycles. The fourth-order valence-electron chi connectivity index (χ4n) is 2.04. The first kappa shape index (κ1) is 12.2. The van der Waals surface area contributed by atoms with Gasteiger partial charge in [0, 0.05) is 26.8 Å². The van der Waals surface area contributed by atoms with Gasteiger partial charge in [-0.2, -0.15) is 0 Å². The second kappa shape index (κ2) is 5.36. The predicted molar refractivity (Wildman–Crippen MR) is 68.4 cm³/mol. The zero-order valence-corrected chi connectivity index (χ0v) is 10.3. The molecule has 1 heterocycles. The first-order chi connectivity index (χ1) is 8.31. The Morgan fingerprint density at radius 1 is 1.12 bits per heavy atom. The third-order valence-corrected chi connectivity index (χ3v) is 2.77. The smallest absolute Gasteiger partial charge is 0.409 e. The number of methoxy groups -OCH3 is 1. The minimum absolute atomic E-state index is 0.377. The number of hydrogen-bond donors (Lipinski definition) is 0. The van der Waals surface area contributed by atoms with E-state index in [1.54, 1.807) is 21.3 Å². The van der Waals surface area contributed by atoms with Crippen LogP contribution in [0.4, 0.5) is 0 Å². The Kier molecular flexibility index (Phi) is 3.84. The third-order valence-electron chi connectivity index (χ3n) is 2.77. The van der Waals surface area contributed by atoms with Gasteiger partial charge in [0.25, 0.3) is 0 Å². The van der Waals surface area contributed by atoms with E-state index in [2.05, 4.69) is 18.2 Å². The molecule has 1 aromatic heterocycles. The SMILES string of the molecule is COCn1c(B(OC)OC)cc2ccccc21. The minimum atomic E-state index is -0.377. The summed E-state index contributed by atoms with van der Waals surface area (Å²) in [5.74, 6) is 0. The van der Waals surface area contributed by atoms with Crippen molar-refractivity contribution in [3.8, 4) is 0 Å². The number of nitrogens with zero attached hydrogens (tertiary/aromatic N) is 1. The zero-order chi connectivity index (χ0) is 12.3. The largest absolute Gasteiger partial charge is 0.511 e. The molecule has 5 heteroatoms. The van der Waals surface area contributed by atoms with Crippen LogP contribution < -0.4 is 5.59 Å². The van der Waals surface area contributed by atoms with Crippen LogP contribution in [0, 0.1) is 0 Å². The summed E-state index contributed by atoms with van der Waals surface area (Å²) in [6.45, 7) is 0.478. The Morgan fingerprint density at radius 2 is 1.82 bits per heavy atom. The maximum atomic E-state index is 5.30. The van der Waals surface area contributed by atoms with Gasteiger partial charge in [-0.3, -0.25) is 0 Å². The summed E-state index contributed by atoms with van der Waals surface area (Å²) < 4.78 is 17.9. The molecule has 0 aliphatic rings. The van der Waals surface area contributed by atoms with E-state index in [4.69, 9.17) is 14.0 Å². The molecule has 0 atom stereocenters. The van der Waals surface area contributed by atoms with E-state index in [-0.39, 0.29) is 7.12 Å². The van der Waals surface area contributed by atoms with Crippen LogP contribution in [-0.2, 0) is 20.8 Å². The van der Waals surface area contributed by atoms with Crippen LogP contribution in [0.2, 0.25) is 0 Å². The molecular weight excluding hydrogens is 217 g/mol. The number of rotatable bonds is 5. The summed E-state index contributed by atoms with van der Waals surface area (Å²) in [5.41, 5.74) is 2.07. The summed E-state index contributed by atoms with van der Waals surface area (Å²) in [5, 5.41) is 1.15. The van der Waals surface area contributed by atoms with Crippen LogP contribution in [0.5, 0.6) is 0 Å².